The molecule has 0 amide bonds. The van der Waals surface area contributed by atoms with Gasteiger partial charge < -0.3 is 10.0 Å². The summed E-state index contributed by atoms with van der Waals surface area (Å²) in [6, 6.07) is 10.6. The lowest BCUT2D eigenvalue weighted by Crippen LogP contribution is -3.12. The second-order valence-corrected chi connectivity index (χ2v) is 4.31. The number of benzene rings is 1. The highest BCUT2D eigenvalue weighted by molar-refractivity contribution is 5.14. The minimum absolute atomic E-state index is 0.306. The fraction of sp³-hybridized carbons (Fsp3) is 0.571. The SMILES string of the molecule is CCC[NH+](CCO)CCCc1ccccc1. The Morgan fingerprint density at radius 3 is 2.44 bits per heavy atom. The molecule has 0 spiro atoms. The summed E-state index contributed by atoms with van der Waals surface area (Å²) in [7, 11) is 0. The van der Waals surface area contributed by atoms with Gasteiger partial charge in [-0.15, -0.1) is 0 Å². The third kappa shape index (κ3) is 5.29. The molecule has 0 aliphatic carbocycles. The average molecular weight is 222 g/mol. The maximum Gasteiger partial charge on any atom is 0.101 e. The number of aryl methyl sites for hydroxylation is 1. The molecule has 0 radical (unpaired) electrons. The molecule has 0 saturated carbocycles. The van der Waals surface area contributed by atoms with Crippen molar-refractivity contribution in [2.45, 2.75) is 26.2 Å². The molecule has 1 aromatic carbocycles. The zero-order valence-corrected chi connectivity index (χ0v) is 10.3. The van der Waals surface area contributed by atoms with E-state index in [0.29, 0.717) is 6.61 Å². The van der Waals surface area contributed by atoms with Gasteiger partial charge in [0.2, 0.25) is 0 Å². The van der Waals surface area contributed by atoms with Crippen LogP contribution < -0.4 is 4.90 Å². The fourth-order valence-electron chi connectivity index (χ4n) is 2.07. The zero-order valence-electron chi connectivity index (χ0n) is 10.3. The van der Waals surface area contributed by atoms with Crippen molar-refractivity contribution in [3.05, 3.63) is 35.9 Å². The van der Waals surface area contributed by atoms with Crippen LogP contribution >= 0.6 is 0 Å². The highest BCUT2D eigenvalue weighted by atomic mass is 16.3. The fourth-order valence-corrected chi connectivity index (χ4v) is 2.07. The van der Waals surface area contributed by atoms with Gasteiger partial charge >= 0.3 is 0 Å². The number of quaternary nitrogens is 1. The molecule has 16 heavy (non-hydrogen) atoms. The topological polar surface area (TPSA) is 24.7 Å². The monoisotopic (exact) mass is 222 g/mol. The Balaban J connectivity index is 2.22. The molecule has 0 bridgehead atoms. The van der Waals surface area contributed by atoms with Gasteiger partial charge in [0.1, 0.15) is 6.54 Å². The van der Waals surface area contributed by atoms with Crippen LogP contribution in [-0.2, 0) is 6.42 Å². The summed E-state index contributed by atoms with van der Waals surface area (Å²) in [6.45, 7) is 5.75. The van der Waals surface area contributed by atoms with Gasteiger partial charge in [0, 0.05) is 6.42 Å². The Morgan fingerprint density at radius 2 is 1.81 bits per heavy atom. The molecule has 0 aliphatic rings. The van der Waals surface area contributed by atoms with Gasteiger partial charge in [-0.05, 0) is 18.4 Å². The van der Waals surface area contributed by atoms with E-state index in [2.05, 4.69) is 37.3 Å². The van der Waals surface area contributed by atoms with Gasteiger partial charge in [-0.3, -0.25) is 0 Å². The predicted octanol–water partition coefficient (Wildman–Crippen LogP) is 0.906. The van der Waals surface area contributed by atoms with Gasteiger partial charge in [-0.1, -0.05) is 37.3 Å². The standard InChI is InChI=1S/C14H23NO/c1-2-10-15(12-13-16)11-6-9-14-7-4-3-5-8-14/h3-5,7-8,16H,2,6,9-13H2,1H3/p+1. The number of hydrogen-bond donors (Lipinski definition) is 2. The van der Waals surface area contributed by atoms with E-state index in [1.807, 2.05) is 0 Å². The van der Waals surface area contributed by atoms with Crippen molar-refractivity contribution in [1.29, 1.82) is 0 Å². The van der Waals surface area contributed by atoms with Crippen LogP contribution in [0.15, 0.2) is 30.3 Å². The molecule has 2 nitrogen and oxygen atoms in total. The van der Waals surface area contributed by atoms with Crippen LogP contribution in [0.1, 0.15) is 25.3 Å². The van der Waals surface area contributed by atoms with Crippen LogP contribution in [0.2, 0.25) is 0 Å². The normalized spacial score (nSPS) is 12.6. The van der Waals surface area contributed by atoms with Crippen molar-refractivity contribution >= 4 is 0 Å². The third-order valence-electron chi connectivity index (χ3n) is 2.91. The Labute approximate surface area is 98.9 Å². The molecule has 90 valence electrons. The molecule has 1 aromatic rings. The summed E-state index contributed by atoms with van der Waals surface area (Å²) >= 11 is 0. The first kappa shape index (κ1) is 13.2. The molecule has 0 fully saturated rings. The number of hydrogen-bond acceptors (Lipinski definition) is 1. The number of rotatable bonds is 8. The average Bonchev–Trinajstić information content (AvgIpc) is 2.31. The van der Waals surface area contributed by atoms with Gasteiger partial charge in [0.15, 0.2) is 0 Å². The van der Waals surface area contributed by atoms with Crippen molar-refractivity contribution in [1.82, 2.24) is 0 Å². The molecule has 1 atom stereocenters. The molecule has 1 rings (SSSR count). The van der Waals surface area contributed by atoms with E-state index in [9.17, 15) is 0 Å². The first-order chi connectivity index (χ1) is 7.86. The van der Waals surface area contributed by atoms with E-state index in [1.165, 1.54) is 36.4 Å². The van der Waals surface area contributed by atoms with Crippen molar-refractivity contribution in [3.63, 3.8) is 0 Å². The van der Waals surface area contributed by atoms with Gasteiger partial charge in [-0.2, -0.15) is 0 Å². The number of aliphatic hydroxyl groups excluding tert-OH is 1. The molecule has 0 aromatic heterocycles. The van der Waals surface area contributed by atoms with E-state index in [-0.39, 0.29) is 0 Å². The van der Waals surface area contributed by atoms with E-state index in [4.69, 9.17) is 5.11 Å². The molecule has 0 heterocycles. The van der Waals surface area contributed by atoms with Gasteiger partial charge in [-0.25, -0.2) is 0 Å². The van der Waals surface area contributed by atoms with E-state index in [1.54, 1.807) is 0 Å². The maximum atomic E-state index is 8.96. The minimum Gasteiger partial charge on any atom is -0.391 e. The van der Waals surface area contributed by atoms with Crippen LogP contribution in [0.3, 0.4) is 0 Å². The summed E-state index contributed by atoms with van der Waals surface area (Å²) in [5.74, 6) is 0. The second-order valence-electron chi connectivity index (χ2n) is 4.31. The molecule has 0 saturated heterocycles. The van der Waals surface area contributed by atoms with Crippen molar-refractivity contribution in [3.8, 4) is 0 Å². The molecule has 0 aliphatic heterocycles. The predicted molar refractivity (Wildman–Crippen MR) is 67.7 cm³/mol. The lowest BCUT2D eigenvalue weighted by Gasteiger charge is -2.17. The Morgan fingerprint density at radius 1 is 1.06 bits per heavy atom. The third-order valence-corrected chi connectivity index (χ3v) is 2.91. The summed E-state index contributed by atoms with van der Waals surface area (Å²) in [5.41, 5.74) is 1.42. The van der Waals surface area contributed by atoms with Crippen LogP contribution in [0.4, 0.5) is 0 Å². The summed E-state index contributed by atoms with van der Waals surface area (Å²) < 4.78 is 0. The lowest BCUT2D eigenvalue weighted by molar-refractivity contribution is -0.900. The summed E-state index contributed by atoms with van der Waals surface area (Å²) in [4.78, 5) is 1.53. The number of nitrogens with one attached hydrogen (secondary N) is 1. The van der Waals surface area contributed by atoms with Crippen LogP contribution in [-0.4, -0.2) is 31.3 Å². The Hall–Kier alpha value is -0.860. The van der Waals surface area contributed by atoms with E-state index < -0.39 is 0 Å². The number of aliphatic hydroxyl groups is 1. The highest BCUT2D eigenvalue weighted by Crippen LogP contribution is 2.00. The van der Waals surface area contributed by atoms with Crippen molar-refractivity contribution in [2.24, 2.45) is 0 Å². The van der Waals surface area contributed by atoms with Crippen molar-refractivity contribution < 1.29 is 10.0 Å². The lowest BCUT2D eigenvalue weighted by atomic mass is 10.1. The van der Waals surface area contributed by atoms with E-state index >= 15 is 0 Å². The first-order valence-electron chi connectivity index (χ1n) is 6.35. The largest absolute Gasteiger partial charge is 0.391 e. The molecule has 1 unspecified atom stereocenters. The smallest absolute Gasteiger partial charge is 0.101 e. The summed E-state index contributed by atoms with van der Waals surface area (Å²) in [5, 5.41) is 8.96. The Bertz CT molecular complexity index is 255. The molecule has 2 N–H and O–H groups in total. The van der Waals surface area contributed by atoms with Gasteiger partial charge in [0.25, 0.3) is 0 Å². The van der Waals surface area contributed by atoms with Crippen molar-refractivity contribution in [2.75, 3.05) is 26.2 Å². The van der Waals surface area contributed by atoms with Crippen LogP contribution in [0, 0.1) is 0 Å². The Kier molecular flexibility index (Phi) is 6.86. The van der Waals surface area contributed by atoms with Crippen LogP contribution in [0.25, 0.3) is 0 Å². The van der Waals surface area contributed by atoms with E-state index in [0.717, 1.165) is 13.0 Å². The van der Waals surface area contributed by atoms with Crippen LogP contribution in [0.5, 0.6) is 0 Å². The minimum atomic E-state index is 0.306. The maximum absolute atomic E-state index is 8.96. The zero-order chi connectivity index (χ0) is 11.6. The first-order valence-corrected chi connectivity index (χ1v) is 6.35. The molecule has 2 heteroatoms. The molecular formula is C14H24NO+. The quantitative estimate of drug-likeness (QED) is 0.671. The summed E-state index contributed by atoms with van der Waals surface area (Å²) in [6.07, 6.45) is 3.56. The molecular weight excluding hydrogens is 198 g/mol. The van der Waals surface area contributed by atoms with Gasteiger partial charge in [0.05, 0.1) is 19.7 Å². The highest BCUT2D eigenvalue weighted by Gasteiger charge is 2.05. The second kappa shape index (κ2) is 8.31.